The predicted octanol–water partition coefficient (Wildman–Crippen LogP) is 4.10. The van der Waals surface area contributed by atoms with Gasteiger partial charge in [0.15, 0.2) is 16.7 Å². The standard InChI is InChI=1S/C24H32N2O6S/c1-6-8-11-31-17-10-9-16(14-18(17)30-5)21-20(23(28)32-13-12-29-4)15(3)25-24-26(21)22(27)19(7-2)33-24/h9-10,14,19,21H,6-8,11-13H2,1-5H3. The van der Waals surface area contributed by atoms with E-state index in [0.717, 1.165) is 18.4 Å². The Hall–Kier alpha value is -2.52. The number of amides is 1. The van der Waals surface area contributed by atoms with Crippen molar-refractivity contribution in [3.8, 4) is 11.5 Å². The fraction of sp³-hybridized carbons (Fsp3) is 0.542. The third-order valence-corrected chi connectivity index (χ3v) is 6.84. The molecule has 0 radical (unpaired) electrons. The van der Waals surface area contributed by atoms with Crippen molar-refractivity contribution in [2.24, 2.45) is 4.99 Å². The van der Waals surface area contributed by atoms with E-state index in [0.29, 0.717) is 41.0 Å². The molecule has 2 heterocycles. The zero-order valence-corrected chi connectivity index (χ0v) is 20.7. The molecule has 180 valence electrons. The lowest BCUT2D eigenvalue weighted by molar-refractivity contribution is -0.141. The summed E-state index contributed by atoms with van der Waals surface area (Å²) in [5.41, 5.74) is 1.60. The Bertz CT molecular complexity index is 945. The van der Waals surface area contributed by atoms with Gasteiger partial charge in [-0.1, -0.05) is 38.1 Å². The number of amidine groups is 1. The Morgan fingerprint density at radius 2 is 1.94 bits per heavy atom. The number of benzene rings is 1. The Morgan fingerprint density at radius 1 is 1.15 bits per heavy atom. The van der Waals surface area contributed by atoms with Crippen molar-refractivity contribution in [3.63, 3.8) is 0 Å². The first-order valence-electron chi connectivity index (χ1n) is 11.2. The maximum absolute atomic E-state index is 13.3. The molecule has 1 aromatic rings. The molecule has 8 nitrogen and oxygen atoms in total. The Balaban J connectivity index is 2.03. The quantitative estimate of drug-likeness (QED) is 0.351. The molecule has 9 heteroatoms. The van der Waals surface area contributed by atoms with Crippen LogP contribution in [0.2, 0.25) is 0 Å². The second kappa shape index (κ2) is 11.6. The number of carbonyl (C=O) groups is 2. The second-order valence-corrected chi connectivity index (χ2v) is 8.93. The number of carbonyl (C=O) groups excluding carboxylic acids is 2. The fourth-order valence-electron chi connectivity index (χ4n) is 3.76. The number of unbranched alkanes of at least 4 members (excludes halogenated alkanes) is 1. The number of nitrogens with zero attached hydrogens (tertiary/aromatic N) is 2. The van der Waals surface area contributed by atoms with Crippen molar-refractivity contribution >= 4 is 28.8 Å². The highest BCUT2D eigenvalue weighted by atomic mass is 32.2. The Kier molecular flexibility index (Phi) is 8.80. The molecule has 0 N–H and O–H groups in total. The van der Waals surface area contributed by atoms with Crippen molar-refractivity contribution in [3.05, 3.63) is 35.0 Å². The molecule has 0 spiro atoms. The molecule has 0 aromatic heterocycles. The highest BCUT2D eigenvalue weighted by Crippen LogP contribution is 2.45. The lowest BCUT2D eigenvalue weighted by Crippen LogP contribution is -2.41. The van der Waals surface area contributed by atoms with Crippen LogP contribution < -0.4 is 9.47 Å². The molecular weight excluding hydrogens is 444 g/mol. The fourth-order valence-corrected chi connectivity index (χ4v) is 4.89. The maximum atomic E-state index is 13.3. The summed E-state index contributed by atoms with van der Waals surface area (Å²) in [5.74, 6) is 0.585. The molecule has 3 rings (SSSR count). The number of hydrogen-bond donors (Lipinski definition) is 0. The van der Waals surface area contributed by atoms with E-state index in [2.05, 4.69) is 11.9 Å². The average molecular weight is 477 g/mol. The minimum Gasteiger partial charge on any atom is -0.493 e. The molecule has 1 amide bonds. The number of rotatable bonds is 11. The molecule has 0 bridgehead atoms. The van der Waals surface area contributed by atoms with Gasteiger partial charge in [-0.05, 0) is 37.5 Å². The number of thioether (sulfide) groups is 1. The van der Waals surface area contributed by atoms with Gasteiger partial charge in [0.2, 0.25) is 5.91 Å². The van der Waals surface area contributed by atoms with Crippen LogP contribution >= 0.6 is 11.8 Å². The SMILES string of the molecule is CCCCOc1ccc(C2C(C(=O)OCCOC)=C(C)N=C3SC(CC)C(=O)N32)cc1OC. The van der Waals surface area contributed by atoms with Crippen molar-refractivity contribution in [1.29, 1.82) is 0 Å². The van der Waals surface area contributed by atoms with Gasteiger partial charge in [-0.2, -0.15) is 0 Å². The summed E-state index contributed by atoms with van der Waals surface area (Å²) in [6, 6.07) is 4.85. The molecule has 0 saturated carbocycles. The van der Waals surface area contributed by atoms with Gasteiger partial charge in [0.1, 0.15) is 6.61 Å². The molecule has 33 heavy (non-hydrogen) atoms. The van der Waals surface area contributed by atoms with Gasteiger partial charge >= 0.3 is 5.97 Å². The van der Waals surface area contributed by atoms with Crippen LogP contribution in [0.3, 0.4) is 0 Å². The number of aliphatic imine (C=N–C) groups is 1. The topological polar surface area (TPSA) is 86.7 Å². The van der Waals surface area contributed by atoms with E-state index in [-0.39, 0.29) is 24.4 Å². The van der Waals surface area contributed by atoms with Gasteiger partial charge in [0.25, 0.3) is 0 Å². The van der Waals surface area contributed by atoms with Gasteiger partial charge in [-0.3, -0.25) is 9.69 Å². The molecule has 1 fully saturated rings. The maximum Gasteiger partial charge on any atom is 0.338 e. The zero-order valence-electron chi connectivity index (χ0n) is 19.9. The van der Waals surface area contributed by atoms with Crippen molar-refractivity contribution in [2.45, 2.75) is 51.3 Å². The van der Waals surface area contributed by atoms with E-state index >= 15 is 0 Å². The van der Waals surface area contributed by atoms with E-state index in [1.54, 1.807) is 26.0 Å². The summed E-state index contributed by atoms with van der Waals surface area (Å²) in [5, 5.41) is 0.367. The first-order valence-corrected chi connectivity index (χ1v) is 12.1. The van der Waals surface area contributed by atoms with E-state index in [1.807, 2.05) is 25.1 Å². The zero-order chi connectivity index (χ0) is 24.0. The number of fused-ring (bicyclic) bond motifs is 1. The monoisotopic (exact) mass is 476 g/mol. The number of hydrogen-bond acceptors (Lipinski definition) is 8. The van der Waals surface area contributed by atoms with Crippen LogP contribution in [0.15, 0.2) is 34.5 Å². The summed E-state index contributed by atoms with van der Waals surface area (Å²) in [7, 11) is 3.12. The smallest absolute Gasteiger partial charge is 0.338 e. The number of allylic oxidation sites excluding steroid dienone is 1. The Morgan fingerprint density at radius 3 is 2.61 bits per heavy atom. The van der Waals surface area contributed by atoms with Gasteiger partial charge in [-0.25, -0.2) is 9.79 Å². The highest BCUT2D eigenvalue weighted by molar-refractivity contribution is 8.15. The van der Waals surface area contributed by atoms with Crippen LogP contribution in [0.1, 0.15) is 51.6 Å². The molecule has 2 unspecified atom stereocenters. The van der Waals surface area contributed by atoms with E-state index in [1.165, 1.54) is 11.8 Å². The van der Waals surface area contributed by atoms with Gasteiger partial charge < -0.3 is 18.9 Å². The van der Waals surface area contributed by atoms with Crippen LogP contribution in [0, 0.1) is 0 Å². The summed E-state index contributed by atoms with van der Waals surface area (Å²) < 4.78 is 21.9. The van der Waals surface area contributed by atoms with Crippen LogP contribution in [-0.2, 0) is 19.1 Å². The van der Waals surface area contributed by atoms with E-state index in [4.69, 9.17) is 18.9 Å². The highest BCUT2D eigenvalue weighted by Gasteiger charge is 2.47. The minimum atomic E-state index is -0.664. The summed E-state index contributed by atoms with van der Waals surface area (Å²) in [6.07, 6.45) is 2.63. The van der Waals surface area contributed by atoms with Crippen molar-refractivity contribution in [1.82, 2.24) is 4.90 Å². The lowest BCUT2D eigenvalue weighted by Gasteiger charge is -2.33. The molecule has 2 aliphatic heterocycles. The molecule has 2 atom stereocenters. The van der Waals surface area contributed by atoms with Gasteiger partial charge in [0, 0.05) is 7.11 Å². The normalized spacial score (nSPS) is 20.0. The van der Waals surface area contributed by atoms with Gasteiger partial charge in [0.05, 0.1) is 42.9 Å². The number of esters is 1. The van der Waals surface area contributed by atoms with Crippen LogP contribution in [0.5, 0.6) is 11.5 Å². The predicted molar refractivity (Wildman–Crippen MR) is 128 cm³/mol. The first kappa shape index (κ1) is 25.1. The number of ether oxygens (including phenoxy) is 4. The van der Waals surface area contributed by atoms with E-state index in [9.17, 15) is 9.59 Å². The molecular formula is C24H32N2O6S. The van der Waals surface area contributed by atoms with Crippen molar-refractivity contribution in [2.75, 3.05) is 34.0 Å². The molecule has 0 aliphatic carbocycles. The summed E-state index contributed by atoms with van der Waals surface area (Å²) >= 11 is 1.43. The van der Waals surface area contributed by atoms with Crippen molar-refractivity contribution < 1.29 is 28.5 Å². The third kappa shape index (κ3) is 5.35. The third-order valence-electron chi connectivity index (χ3n) is 5.52. The minimum absolute atomic E-state index is 0.0665. The summed E-state index contributed by atoms with van der Waals surface area (Å²) in [4.78, 5) is 32.6. The number of methoxy groups -OCH3 is 2. The molecule has 2 aliphatic rings. The van der Waals surface area contributed by atoms with Crippen LogP contribution in [-0.4, -0.2) is 61.2 Å². The van der Waals surface area contributed by atoms with Crippen LogP contribution in [0.4, 0.5) is 0 Å². The Labute approximate surface area is 199 Å². The molecule has 1 saturated heterocycles. The van der Waals surface area contributed by atoms with Crippen LogP contribution in [0.25, 0.3) is 0 Å². The average Bonchev–Trinajstić information content (AvgIpc) is 3.13. The second-order valence-electron chi connectivity index (χ2n) is 7.76. The van der Waals surface area contributed by atoms with Gasteiger partial charge in [-0.15, -0.1) is 0 Å². The lowest BCUT2D eigenvalue weighted by atomic mass is 9.94. The molecule has 1 aromatic carbocycles. The van der Waals surface area contributed by atoms with E-state index < -0.39 is 12.0 Å². The summed E-state index contributed by atoms with van der Waals surface area (Å²) in [6.45, 7) is 6.82. The first-order chi connectivity index (χ1) is 16.0. The largest absolute Gasteiger partial charge is 0.493 e.